The summed E-state index contributed by atoms with van der Waals surface area (Å²) in [5.74, 6) is -1.26. The summed E-state index contributed by atoms with van der Waals surface area (Å²) in [5.41, 5.74) is 0. The third-order valence-electron chi connectivity index (χ3n) is 3.63. The van der Waals surface area contributed by atoms with Crippen molar-refractivity contribution in [3.05, 3.63) is 0 Å². The van der Waals surface area contributed by atoms with Gasteiger partial charge in [0.1, 0.15) is 6.04 Å². The number of thioether (sulfide) groups is 1. The van der Waals surface area contributed by atoms with Gasteiger partial charge >= 0.3 is 11.9 Å². The number of esters is 1. The van der Waals surface area contributed by atoms with Gasteiger partial charge in [0.05, 0.1) is 18.2 Å². The number of ether oxygens (including phenoxy) is 1. The number of hydrogen-bond donors (Lipinski definition) is 1. The van der Waals surface area contributed by atoms with Gasteiger partial charge in [-0.25, -0.2) is 8.42 Å². The first-order valence-electron chi connectivity index (χ1n) is 6.79. The Balaban J connectivity index is 2.06. The fraction of sp³-hybridized carbons (Fsp3) is 0.833. The Hall–Kier alpha value is -0.800. The van der Waals surface area contributed by atoms with Gasteiger partial charge in [0, 0.05) is 12.2 Å². The lowest BCUT2D eigenvalue weighted by Crippen LogP contribution is -2.47. The van der Waals surface area contributed by atoms with Crippen LogP contribution in [0.5, 0.6) is 0 Å². The molecule has 0 radical (unpaired) electrons. The molecule has 1 N–H and O–H groups in total. The second-order valence-corrected chi connectivity index (χ2v) is 8.38. The van der Waals surface area contributed by atoms with Gasteiger partial charge in [0.25, 0.3) is 0 Å². The lowest BCUT2D eigenvalue weighted by molar-refractivity contribution is -0.141. The van der Waals surface area contributed by atoms with E-state index in [-0.39, 0.29) is 35.6 Å². The Bertz CT molecular complexity index is 516. The molecule has 0 aromatic carbocycles. The maximum Gasteiger partial charge on any atom is 0.322 e. The summed E-state index contributed by atoms with van der Waals surface area (Å²) in [6.07, 6.45) is 2.04. The van der Waals surface area contributed by atoms with E-state index in [0.29, 0.717) is 0 Å². The Morgan fingerprint density at radius 3 is 2.57 bits per heavy atom. The molecule has 0 aromatic heterocycles. The second kappa shape index (κ2) is 6.53. The molecule has 9 heteroatoms. The van der Waals surface area contributed by atoms with Crippen molar-refractivity contribution >= 4 is 33.7 Å². The molecular weight excluding hydrogens is 318 g/mol. The molecule has 1 aliphatic heterocycles. The van der Waals surface area contributed by atoms with Crippen LogP contribution in [-0.2, 0) is 24.3 Å². The predicted octanol–water partition coefficient (Wildman–Crippen LogP) is 0.508. The fourth-order valence-electron chi connectivity index (χ4n) is 2.38. The number of carbonyl (C=O) groups is 2. The lowest BCUT2D eigenvalue weighted by Gasteiger charge is -2.26. The molecule has 120 valence electrons. The highest BCUT2D eigenvalue weighted by atomic mass is 32.2. The van der Waals surface area contributed by atoms with E-state index in [9.17, 15) is 23.1 Å². The van der Waals surface area contributed by atoms with Crippen LogP contribution in [0.2, 0.25) is 0 Å². The Kier molecular flexibility index (Phi) is 5.15. The molecule has 0 bridgehead atoms. The minimum atomic E-state index is -3.69. The first kappa shape index (κ1) is 16.6. The maximum atomic E-state index is 12.5. The van der Waals surface area contributed by atoms with Crippen molar-refractivity contribution in [2.75, 3.05) is 18.6 Å². The van der Waals surface area contributed by atoms with E-state index < -0.39 is 28.0 Å². The molecule has 2 atom stereocenters. The van der Waals surface area contributed by atoms with Gasteiger partial charge in [-0.3, -0.25) is 9.59 Å². The van der Waals surface area contributed by atoms with Crippen molar-refractivity contribution in [1.82, 2.24) is 4.31 Å². The molecule has 7 nitrogen and oxygen atoms in total. The molecule has 1 saturated carbocycles. The van der Waals surface area contributed by atoms with Crippen LogP contribution >= 0.6 is 11.8 Å². The van der Waals surface area contributed by atoms with Crippen molar-refractivity contribution < 1.29 is 27.9 Å². The zero-order valence-electron chi connectivity index (χ0n) is 11.7. The average Bonchev–Trinajstić information content (AvgIpc) is 3.15. The number of hydrogen-bond acceptors (Lipinski definition) is 6. The minimum Gasteiger partial charge on any atom is -0.480 e. The number of carboxylic acids is 1. The van der Waals surface area contributed by atoms with Gasteiger partial charge in [0.2, 0.25) is 10.0 Å². The molecule has 2 rings (SSSR count). The van der Waals surface area contributed by atoms with Crippen molar-refractivity contribution in [2.45, 2.75) is 37.1 Å². The summed E-state index contributed by atoms with van der Waals surface area (Å²) in [7, 11) is -2.44. The molecule has 2 fully saturated rings. The van der Waals surface area contributed by atoms with Gasteiger partial charge in [-0.05, 0) is 25.2 Å². The van der Waals surface area contributed by atoms with Crippen LogP contribution in [0.3, 0.4) is 0 Å². The molecule has 0 spiro atoms. The molecule has 2 unspecified atom stereocenters. The number of carboxylic acid groups (broad SMARTS) is 1. The van der Waals surface area contributed by atoms with Crippen LogP contribution < -0.4 is 0 Å². The fourth-order valence-corrected chi connectivity index (χ4v) is 6.33. The van der Waals surface area contributed by atoms with E-state index in [2.05, 4.69) is 4.74 Å². The topological polar surface area (TPSA) is 101 Å². The normalized spacial score (nSPS) is 26.7. The molecule has 1 saturated heterocycles. The smallest absolute Gasteiger partial charge is 0.322 e. The van der Waals surface area contributed by atoms with E-state index in [1.807, 2.05) is 0 Å². The van der Waals surface area contributed by atoms with Crippen LogP contribution in [0, 0.1) is 5.92 Å². The SMILES string of the molecule is COC(=O)CCCS(=O)(=O)N1C(C(=O)O)CSC1C1CC1. The van der Waals surface area contributed by atoms with Gasteiger partial charge in [0.15, 0.2) is 0 Å². The number of sulfonamides is 1. The highest BCUT2D eigenvalue weighted by molar-refractivity contribution is 8.01. The van der Waals surface area contributed by atoms with Crippen molar-refractivity contribution in [2.24, 2.45) is 5.92 Å². The summed E-state index contributed by atoms with van der Waals surface area (Å²) in [4.78, 5) is 22.3. The molecule has 21 heavy (non-hydrogen) atoms. The first-order chi connectivity index (χ1) is 9.86. The van der Waals surface area contributed by atoms with Gasteiger partial charge in [-0.15, -0.1) is 11.8 Å². The number of methoxy groups -OCH3 is 1. The number of aliphatic carboxylic acids is 1. The van der Waals surface area contributed by atoms with Crippen LogP contribution in [0.15, 0.2) is 0 Å². The Morgan fingerprint density at radius 2 is 2.05 bits per heavy atom. The van der Waals surface area contributed by atoms with Crippen molar-refractivity contribution in [1.29, 1.82) is 0 Å². The monoisotopic (exact) mass is 337 g/mol. The van der Waals surface area contributed by atoms with Crippen molar-refractivity contribution in [3.63, 3.8) is 0 Å². The number of carbonyl (C=O) groups excluding carboxylic acids is 1. The van der Waals surface area contributed by atoms with Crippen molar-refractivity contribution in [3.8, 4) is 0 Å². The highest BCUT2D eigenvalue weighted by Crippen LogP contribution is 2.46. The standard InChI is InChI=1S/C12H19NO6S2/c1-19-10(14)3-2-6-21(17,18)13-9(12(15)16)7-20-11(13)8-4-5-8/h8-9,11H,2-7H2,1H3,(H,15,16). The third-order valence-corrected chi connectivity index (χ3v) is 7.15. The Morgan fingerprint density at radius 1 is 1.38 bits per heavy atom. The molecule has 1 heterocycles. The second-order valence-electron chi connectivity index (χ2n) is 5.24. The number of rotatable bonds is 7. The van der Waals surface area contributed by atoms with E-state index in [1.165, 1.54) is 18.9 Å². The quantitative estimate of drug-likeness (QED) is 0.675. The van der Waals surface area contributed by atoms with Crippen LogP contribution in [0.1, 0.15) is 25.7 Å². The molecular formula is C12H19NO6S2. The third kappa shape index (κ3) is 3.89. The van der Waals surface area contributed by atoms with E-state index in [4.69, 9.17) is 0 Å². The number of nitrogens with zero attached hydrogens (tertiary/aromatic N) is 1. The zero-order chi connectivity index (χ0) is 15.6. The first-order valence-corrected chi connectivity index (χ1v) is 9.45. The molecule has 0 amide bonds. The van der Waals surface area contributed by atoms with Crippen LogP contribution in [-0.4, -0.2) is 59.8 Å². The van der Waals surface area contributed by atoms with Crippen LogP contribution in [0.25, 0.3) is 0 Å². The average molecular weight is 337 g/mol. The largest absolute Gasteiger partial charge is 0.480 e. The minimum absolute atomic E-state index is 0.0164. The highest BCUT2D eigenvalue weighted by Gasteiger charge is 2.50. The zero-order valence-corrected chi connectivity index (χ0v) is 13.4. The summed E-state index contributed by atoms with van der Waals surface area (Å²) in [5, 5.41) is 8.96. The summed E-state index contributed by atoms with van der Waals surface area (Å²) in [6.45, 7) is 0. The summed E-state index contributed by atoms with van der Waals surface area (Å²) < 4.78 is 30.5. The van der Waals surface area contributed by atoms with E-state index in [1.54, 1.807) is 0 Å². The summed E-state index contributed by atoms with van der Waals surface area (Å²) >= 11 is 1.40. The van der Waals surface area contributed by atoms with Gasteiger partial charge < -0.3 is 9.84 Å². The molecule has 1 aliphatic carbocycles. The lowest BCUT2D eigenvalue weighted by atomic mass is 10.3. The van der Waals surface area contributed by atoms with E-state index in [0.717, 1.165) is 17.1 Å². The van der Waals surface area contributed by atoms with Gasteiger partial charge in [-0.1, -0.05) is 0 Å². The molecule has 2 aliphatic rings. The molecule has 0 aromatic rings. The van der Waals surface area contributed by atoms with E-state index >= 15 is 0 Å². The predicted molar refractivity (Wildman–Crippen MR) is 77.3 cm³/mol. The van der Waals surface area contributed by atoms with Gasteiger partial charge in [-0.2, -0.15) is 4.31 Å². The summed E-state index contributed by atoms with van der Waals surface area (Å²) in [6, 6.07) is -0.997. The van der Waals surface area contributed by atoms with Crippen LogP contribution in [0.4, 0.5) is 0 Å². The maximum absolute atomic E-state index is 12.5. The Labute approximate surface area is 128 Å².